The van der Waals surface area contributed by atoms with E-state index in [2.05, 4.69) is 11.8 Å². The minimum absolute atomic E-state index is 0.286. The second kappa shape index (κ2) is 4.27. The van der Waals surface area contributed by atoms with Crippen LogP contribution in [0.4, 0.5) is 4.39 Å². The number of halogens is 1. The van der Waals surface area contributed by atoms with Crippen LogP contribution in [0.1, 0.15) is 6.92 Å². The number of ether oxygens (including phenoxy) is 1. The molecule has 1 aromatic carbocycles. The monoisotopic (exact) mass is 178 g/mol. The Morgan fingerprint density at radius 2 is 2.00 bits per heavy atom. The quantitative estimate of drug-likeness (QED) is 0.283. The molecule has 0 atom stereocenters. The predicted octanol–water partition coefficient (Wildman–Crippen LogP) is 1.75. The lowest BCUT2D eigenvalue weighted by Crippen LogP contribution is -2.03. The zero-order valence-corrected chi connectivity index (χ0v) is 7.00. The first-order chi connectivity index (χ1) is 6.22. The third kappa shape index (κ3) is 2.96. The van der Waals surface area contributed by atoms with Crippen molar-refractivity contribution >= 4 is 5.97 Å². The summed E-state index contributed by atoms with van der Waals surface area (Å²) in [5.41, 5.74) is 0. The van der Waals surface area contributed by atoms with Crippen molar-refractivity contribution in [2.45, 2.75) is 6.92 Å². The molecule has 66 valence electrons. The number of carbonyl (C=O) groups excluding carboxylic acids is 1. The molecule has 0 aliphatic rings. The number of rotatable bonds is 1. The minimum atomic E-state index is -0.644. The Hall–Kier alpha value is -1.82. The van der Waals surface area contributed by atoms with E-state index in [-0.39, 0.29) is 11.6 Å². The number of esters is 1. The molecule has 1 aromatic rings. The van der Waals surface area contributed by atoms with E-state index in [9.17, 15) is 9.18 Å². The van der Waals surface area contributed by atoms with Gasteiger partial charge in [0.25, 0.3) is 0 Å². The van der Waals surface area contributed by atoms with Crippen LogP contribution in [-0.2, 0) is 4.79 Å². The Kier molecular flexibility index (Phi) is 3.04. The Morgan fingerprint density at radius 1 is 1.38 bits per heavy atom. The molecule has 0 saturated heterocycles. The molecule has 0 aliphatic carbocycles. The molecular weight excluding hydrogens is 171 g/mol. The third-order valence-corrected chi connectivity index (χ3v) is 1.25. The highest BCUT2D eigenvalue weighted by atomic mass is 19.1. The number of carbonyl (C=O) groups is 1. The van der Waals surface area contributed by atoms with Crippen molar-refractivity contribution in [1.29, 1.82) is 0 Å². The predicted molar refractivity (Wildman–Crippen MR) is 45.5 cm³/mol. The smallest absolute Gasteiger partial charge is 0.389 e. The number of hydrogen-bond acceptors (Lipinski definition) is 2. The fraction of sp³-hybridized carbons (Fsp3) is 0.100. The van der Waals surface area contributed by atoms with E-state index >= 15 is 0 Å². The molecule has 0 spiro atoms. The first-order valence-electron chi connectivity index (χ1n) is 3.62. The molecule has 0 heterocycles. The van der Waals surface area contributed by atoms with Gasteiger partial charge >= 0.3 is 5.97 Å². The van der Waals surface area contributed by atoms with E-state index < -0.39 is 5.97 Å². The fourth-order valence-electron chi connectivity index (χ4n) is 0.737. The Morgan fingerprint density at radius 3 is 2.54 bits per heavy atom. The molecule has 0 radical (unpaired) electrons. The molecule has 0 unspecified atom stereocenters. The summed E-state index contributed by atoms with van der Waals surface area (Å²) in [7, 11) is 0. The van der Waals surface area contributed by atoms with Crippen molar-refractivity contribution < 1.29 is 13.9 Å². The van der Waals surface area contributed by atoms with Crippen LogP contribution in [0.15, 0.2) is 24.3 Å². The second-order valence-corrected chi connectivity index (χ2v) is 2.22. The standard InChI is InChI=1S/C10H7FO2/c1-2-3-10(12)13-9-6-4-8(11)5-7-9/h4-7H,1H3. The van der Waals surface area contributed by atoms with Crippen molar-refractivity contribution in [2.24, 2.45) is 0 Å². The summed E-state index contributed by atoms with van der Waals surface area (Å²) in [6.07, 6.45) is 0. The first-order valence-corrected chi connectivity index (χ1v) is 3.62. The zero-order valence-electron chi connectivity index (χ0n) is 7.00. The van der Waals surface area contributed by atoms with Gasteiger partial charge in [0.2, 0.25) is 0 Å². The van der Waals surface area contributed by atoms with Crippen LogP contribution in [0, 0.1) is 17.7 Å². The molecule has 3 heteroatoms. The van der Waals surface area contributed by atoms with Gasteiger partial charge in [-0.1, -0.05) is 5.92 Å². The summed E-state index contributed by atoms with van der Waals surface area (Å²) in [5, 5.41) is 0. The normalized spacial score (nSPS) is 8.46. The van der Waals surface area contributed by atoms with Crippen LogP contribution >= 0.6 is 0 Å². The largest absolute Gasteiger partial charge is 0.417 e. The molecule has 0 aliphatic heterocycles. The van der Waals surface area contributed by atoms with E-state index in [1.165, 1.54) is 31.2 Å². The van der Waals surface area contributed by atoms with Crippen LogP contribution in [0.5, 0.6) is 5.75 Å². The Labute approximate surface area is 75.3 Å². The van der Waals surface area contributed by atoms with Gasteiger partial charge in [-0.05, 0) is 31.2 Å². The summed E-state index contributed by atoms with van der Waals surface area (Å²) >= 11 is 0. The Balaban J connectivity index is 2.68. The third-order valence-electron chi connectivity index (χ3n) is 1.25. The summed E-state index contributed by atoms with van der Waals surface area (Å²) in [5.74, 6) is 3.87. The highest BCUT2D eigenvalue weighted by Crippen LogP contribution is 2.10. The number of benzene rings is 1. The lowest BCUT2D eigenvalue weighted by molar-refractivity contribution is -0.128. The zero-order chi connectivity index (χ0) is 9.68. The maximum atomic E-state index is 12.4. The van der Waals surface area contributed by atoms with Crippen LogP contribution in [0.2, 0.25) is 0 Å². The summed E-state index contributed by atoms with van der Waals surface area (Å²) < 4.78 is 17.1. The van der Waals surface area contributed by atoms with E-state index in [4.69, 9.17) is 4.74 Å². The molecule has 1 rings (SSSR count). The van der Waals surface area contributed by atoms with Crippen molar-refractivity contribution in [3.63, 3.8) is 0 Å². The van der Waals surface area contributed by atoms with Crippen molar-refractivity contribution in [3.05, 3.63) is 30.1 Å². The molecule has 0 N–H and O–H groups in total. The van der Waals surface area contributed by atoms with Gasteiger partial charge in [0.1, 0.15) is 11.6 Å². The topological polar surface area (TPSA) is 26.3 Å². The van der Waals surface area contributed by atoms with Gasteiger partial charge in [-0.3, -0.25) is 0 Å². The van der Waals surface area contributed by atoms with Crippen molar-refractivity contribution in [2.75, 3.05) is 0 Å². The minimum Gasteiger partial charge on any atom is -0.417 e. The molecule has 13 heavy (non-hydrogen) atoms. The van der Waals surface area contributed by atoms with Gasteiger partial charge < -0.3 is 4.74 Å². The van der Waals surface area contributed by atoms with Gasteiger partial charge in [0.15, 0.2) is 0 Å². The van der Waals surface area contributed by atoms with Crippen molar-refractivity contribution in [1.82, 2.24) is 0 Å². The number of hydrogen-bond donors (Lipinski definition) is 0. The van der Waals surface area contributed by atoms with E-state index in [0.717, 1.165) is 0 Å². The molecular formula is C10H7FO2. The first kappa shape index (κ1) is 9.27. The fourth-order valence-corrected chi connectivity index (χ4v) is 0.737. The molecule has 0 amide bonds. The molecule has 2 nitrogen and oxygen atoms in total. The second-order valence-electron chi connectivity index (χ2n) is 2.22. The lowest BCUT2D eigenvalue weighted by atomic mass is 10.3. The van der Waals surface area contributed by atoms with E-state index in [1.807, 2.05) is 0 Å². The summed E-state index contributed by atoms with van der Waals surface area (Å²) in [6, 6.07) is 5.15. The van der Waals surface area contributed by atoms with Crippen LogP contribution < -0.4 is 4.74 Å². The molecule has 0 saturated carbocycles. The van der Waals surface area contributed by atoms with E-state index in [0.29, 0.717) is 0 Å². The van der Waals surface area contributed by atoms with Crippen LogP contribution in [0.3, 0.4) is 0 Å². The lowest BCUT2D eigenvalue weighted by Gasteiger charge is -1.97. The van der Waals surface area contributed by atoms with Gasteiger partial charge in [-0.2, -0.15) is 0 Å². The van der Waals surface area contributed by atoms with Gasteiger partial charge in [-0.25, -0.2) is 9.18 Å². The molecule has 0 aromatic heterocycles. The molecule has 0 fully saturated rings. The molecule has 0 bridgehead atoms. The van der Waals surface area contributed by atoms with Gasteiger partial charge in [-0.15, -0.1) is 0 Å². The van der Waals surface area contributed by atoms with Crippen LogP contribution in [-0.4, -0.2) is 5.97 Å². The maximum absolute atomic E-state index is 12.4. The Bertz CT molecular complexity index is 357. The average Bonchev–Trinajstić information content (AvgIpc) is 2.09. The highest BCUT2D eigenvalue weighted by molar-refractivity contribution is 5.90. The highest BCUT2D eigenvalue weighted by Gasteiger charge is 1.99. The van der Waals surface area contributed by atoms with Crippen LogP contribution in [0.25, 0.3) is 0 Å². The summed E-state index contributed by atoms with van der Waals surface area (Å²) in [6.45, 7) is 1.53. The SMILES string of the molecule is CC#CC(=O)Oc1ccc(F)cc1. The average molecular weight is 178 g/mol. The van der Waals surface area contributed by atoms with Gasteiger partial charge in [0, 0.05) is 5.92 Å². The maximum Gasteiger partial charge on any atom is 0.389 e. The van der Waals surface area contributed by atoms with Crippen molar-refractivity contribution in [3.8, 4) is 17.6 Å². The van der Waals surface area contributed by atoms with E-state index in [1.54, 1.807) is 0 Å². The van der Waals surface area contributed by atoms with Gasteiger partial charge in [0.05, 0.1) is 0 Å². The summed E-state index contributed by atoms with van der Waals surface area (Å²) in [4.78, 5) is 10.8.